The molecule has 0 radical (unpaired) electrons. The van der Waals surface area contributed by atoms with Crippen molar-refractivity contribution in [1.82, 2.24) is 9.21 Å². The second kappa shape index (κ2) is 11.1. The molecule has 1 aromatic rings. The highest BCUT2D eigenvalue weighted by Gasteiger charge is 2.21. The van der Waals surface area contributed by atoms with Gasteiger partial charge in [-0.15, -0.1) is 12.4 Å². The van der Waals surface area contributed by atoms with E-state index in [0.29, 0.717) is 18.8 Å². The molecule has 0 saturated carbocycles. The highest BCUT2D eigenvalue weighted by Crippen LogP contribution is 2.18. The van der Waals surface area contributed by atoms with Gasteiger partial charge in [-0.3, -0.25) is 14.5 Å². The van der Waals surface area contributed by atoms with Crippen LogP contribution in [-0.2, 0) is 19.6 Å². The predicted molar refractivity (Wildman–Crippen MR) is 102 cm³/mol. The zero-order valence-electron chi connectivity index (χ0n) is 15.1. The average molecular weight is 408 g/mol. The van der Waals surface area contributed by atoms with Gasteiger partial charge in [-0.2, -0.15) is 4.31 Å². The van der Waals surface area contributed by atoms with Crippen molar-refractivity contribution in [3.8, 4) is 0 Å². The molecule has 10 heteroatoms. The van der Waals surface area contributed by atoms with E-state index in [9.17, 15) is 18.0 Å². The fourth-order valence-electron chi connectivity index (χ4n) is 2.23. The molecule has 2 N–H and O–H groups in total. The van der Waals surface area contributed by atoms with E-state index < -0.39 is 16.0 Å². The van der Waals surface area contributed by atoms with E-state index >= 15 is 0 Å². The molecule has 8 nitrogen and oxygen atoms in total. The van der Waals surface area contributed by atoms with Gasteiger partial charge in [-0.25, -0.2) is 8.42 Å². The smallest absolute Gasteiger partial charge is 0.304 e. The summed E-state index contributed by atoms with van der Waals surface area (Å²) < 4.78 is 26.1. The molecule has 0 aliphatic heterocycles. The molecule has 0 aromatic heterocycles. The van der Waals surface area contributed by atoms with Crippen LogP contribution < -0.4 is 5.32 Å². The van der Waals surface area contributed by atoms with Crippen LogP contribution in [0.2, 0.25) is 0 Å². The summed E-state index contributed by atoms with van der Waals surface area (Å²) in [5.41, 5.74) is 0.482. The fraction of sp³-hybridized carbons (Fsp3) is 0.500. The van der Waals surface area contributed by atoms with Gasteiger partial charge in [0.1, 0.15) is 0 Å². The van der Waals surface area contributed by atoms with E-state index in [2.05, 4.69) is 5.32 Å². The maximum atomic E-state index is 12.4. The largest absolute Gasteiger partial charge is 0.481 e. The molecule has 0 spiro atoms. The van der Waals surface area contributed by atoms with Gasteiger partial charge in [-0.05, 0) is 31.3 Å². The molecular formula is C16H26ClN3O5S. The first-order chi connectivity index (χ1) is 11.7. The summed E-state index contributed by atoms with van der Waals surface area (Å²) in [7, 11) is -1.87. The third kappa shape index (κ3) is 7.28. The summed E-state index contributed by atoms with van der Waals surface area (Å²) in [5, 5.41) is 11.3. The van der Waals surface area contributed by atoms with Crippen LogP contribution in [0.25, 0.3) is 0 Å². The second-order valence-corrected chi connectivity index (χ2v) is 7.48. The number of halogens is 1. The number of carboxylic acids is 1. The number of hydrogen-bond acceptors (Lipinski definition) is 5. The molecule has 0 aliphatic carbocycles. The van der Waals surface area contributed by atoms with Crippen LogP contribution in [-0.4, -0.2) is 67.8 Å². The lowest BCUT2D eigenvalue weighted by Gasteiger charge is -2.18. The quantitative estimate of drug-likeness (QED) is 0.608. The number of nitrogens with zero attached hydrogens (tertiary/aromatic N) is 2. The highest BCUT2D eigenvalue weighted by atomic mass is 35.5. The first kappa shape index (κ1) is 24.3. The first-order valence-electron chi connectivity index (χ1n) is 8.01. The van der Waals surface area contributed by atoms with Crippen molar-refractivity contribution in [3.63, 3.8) is 0 Å². The number of carbonyl (C=O) groups excluding carboxylic acids is 1. The average Bonchev–Trinajstić information content (AvgIpc) is 2.54. The Morgan fingerprint density at radius 2 is 1.65 bits per heavy atom. The van der Waals surface area contributed by atoms with Crippen LogP contribution in [0.15, 0.2) is 29.2 Å². The predicted octanol–water partition coefficient (Wildman–Crippen LogP) is 1.48. The van der Waals surface area contributed by atoms with E-state index in [1.165, 1.54) is 28.6 Å². The number of carbonyl (C=O) groups is 2. The number of sulfonamides is 1. The number of likely N-dealkylation sites (N-methyl/N-ethyl adjacent to an activating group) is 1. The normalized spacial score (nSPS) is 11.3. The zero-order chi connectivity index (χ0) is 19.0. The molecule has 1 amide bonds. The topological polar surface area (TPSA) is 107 Å². The van der Waals surface area contributed by atoms with Crippen LogP contribution in [0.3, 0.4) is 0 Å². The third-order valence-electron chi connectivity index (χ3n) is 3.60. The Kier molecular flexibility index (Phi) is 10.4. The Bertz CT molecular complexity index is 690. The minimum absolute atomic E-state index is 0. The maximum absolute atomic E-state index is 12.4. The summed E-state index contributed by atoms with van der Waals surface area (Å²) in [4.78, 5) is 24.2. The molecule has 0 heterocycles. The SMILES string of the molecule is CCN(CC)S(=O)(=O)c1ccc(NC(=O)CN(C)CCC(=O)O)cc1.Cl. The van der Waals surface area contributed by atoms with Gasteiger partial charge < -0.3 is 10.4 Å². The number of carboxylic acid groups (broad SMARTS) is 1. The molecule has 0 atom stereocenters. The molecule has 0 fully saturated rings. The molecule has 0 unspecified atom stereocenters. The van der Waals surface area contributed by atoms with E-state index in [0.717, 1.165) is 0 Å². The lowest BCUT2D eigenvalue weighted by atomic mass is 10.3. The molecule has 26 heavy (non-hydrogen) atoms. The number of benzene rings is 1. The molecule has 0 aliphatic rings. The van der Waals surface area contributed by atoms with Gasteiger partial charge in [0, 0.05) is 25.3 Å². The lowest BCUT2D eigenvalue weighted by Crippen LogP contribution is -2.32. The number of amides is 1. The molecule has 148 valence electrons. The van der Waals surface area contributed by atoms with Gasteiger partial charge >= 0.3 is 5.97 Å². The van der Waals surface area contributed by atoms with Gasteiger partial charge in [0.2, 0.25) is 15.9 Å². The standard InChI is InChI=1S/C16H25N3O5S.ClH/c1-4-19(5-2)25(23,24)14-8-6-13(7-9-14)17-15(20)12-18(3)11-10-16(21)22;/h6-9H,4-5,10-12H2,1-3H3,(H,17,20)(H,21,22);1H. The van der Waals surface area contributed by atoms with E-state index in [1.54, 1.807) is 25.8 Å². The number of nitrogens with one attached hydrogen (secondary N) is 1. The number of rotatable bonds is 10. The van der Waals surface area contributed by atoms with Crippen LogP contribution in [0, 0.1) is 0 Å². The van der Waals surface area contributed by atoms with Gasteiger partial charge in [-0.1, -0.05) is 13.8 Å². The number of aliphatic carboxylic acids is 1. The Hall–Kier alpha value is -1.68. The van der Waals surface area contributed by atoms with Crippen LogP contribution in [0.5, 0.6) is 0 Å². The first-order valence-corrected chi connectivity index (χ1v) is 9.45. The van der Waals surface area contributed by atoms with Crippen LogP contribution >= 0.6 is 12.4 Å². The van der Waals surface area contributed by atoms with Gasteiger partial charge in [0.25, 0.3) is 0 Å². The van der Waals surface area contributed by atoms with Crippen molar-refractivity contribution in [2.45, 2.75) is 25.2 Å². The summed E-state index contributed by atoms with van der Waals surface area (Å²) in [6, 6.07) is 5.98. The maximum Gasteiger partial charge on any atom is 0.304 e. The summed E-state index contributed by atoms with van der Waals surface area (Å²) in [6.07, 6.45) is -0.0400. The van der Waals surface area contributed by atoms with Crippen LogP contribution in [0.1, 0.15) is 20.3 Å². The summed E-state index contributed by atoms with van der Waals surface area (Å²) in [5.74, 6) is -1.22. The van der Waals surface area contributed by atoms with Crippen molar-refractivity contribution >= 4 is 40.0 Å². The molecule has 0 bridgehead atoms. The lowest BCUT2D eigenvalue weighted by molar-refractivity contribution is -0.137. The van der Waals surface area contributed by atoms with Gasteiger partial charge in [0.05, 0.1) is 17.9 Å². The van der Waals surface area contributed by atoms with Crippen molar-refractivity contribution in [2.75, 3.05) is 38.5 Å². The molecular weight excluding hydrogens is 382 g/mol. The molecule has 1 rings (SSSR count). The van der Waals surface area contributed by atoms with Crippen molar-refractivity contribution in [1.29, 1.82) is 0 Å². The Labute approximate surface area is 160 Å². The summed E-state index contributed by atoms with van der Waals surface area (Å²) in [6.45, 7) is 4.64. The minimum atomic E-state index is -3.52. The van der Waals surface area contributed by atoms with E-state index in [-0.39, 0.29) is 42.7 Å². The molecule has 0 saturated heterocycles. The highest BCUT2D eigenvalue weighted by molar-refractivity contribution is 7.89. The van der Waals surface area contributed by atoms with Crippen LogP contribution in [0.4, 0.5) is 5.69 Å². The van der Waals surface area contributed by atoms with E-state index in [1.807, 2.05) is 0 Å². The number of anilines is 1. The summed E-state index contributed by atoms with van der Waals surface area (Å²) >= 11 is 0. The van der Waals surface area contributed by atoms with Crippen molar-refractivity contribution in [2.24, 2.45) is 0 Å². The minimum Gasteiger partial charge on any atom is -0.481 e. The fourth-order valence-corrected chi connectivity index (χ4v) is 3.69. The Morgan fingerprint density at radius 3 is 2.12 bits per heavy atom. The van der Waals surface area contributed by atoms with Crippen molar-refractivity contribution in [3.05, 3.63) is 24.3 Å². The Balaban J connectivity index is 0.00000625. The monoisotopic (exact) mass is 407 g/mol. The second-order valence-electron chi connectivity index (χ2n) is 5.54. The van der Waals surface area contributed by atoms with E-state index in [4.69, 9.17) is 5.11 Å². The Morgan fingerprint density at radius 1 is 1.12 bits per heavy atom. The number of hydrogen-bond donors (Lipinski definition) is 2. The molecule has 1 aromatic carbocycles. The van der Waals surface area contributed by atoms with Gasteiger partial charge in [0.15, 0.2) is 0 Å². The van der Waals surface area contributed by atoms with Crippen molar-refractivity contribution < 1.29 is 23.1 Å². The third-order valence-corrected chi connectivity index (χ3v) is 5.67. The zero-order valence-corrected chi connectivity index (χ0v) is 16.8.